The Morgan fingerprint density at radius 2 is 2.29 bits per heavy atom. The van der Waals surface area contributed by atoms with Crippen LogP contribution in [0.4, 0.5) is 0 Å². The topological polar surface area (TPSA) is 55.8 Å². The van der Waals surface area contributed by atoms with E-state index in [2.05, 4.69) is 6.58 Å². The molecule has 0 bridgehead atoms. The average molecular weight is 218 g/mol. The summed E-state index contributed by atoms with van der Waals surface area (Å²) in [5, 5.41) is 0. The number of esters is 1. The third-order valence-electron chi connectivity index (χ3n) is 1.65. The molecule has 0 saturated heterocycles. The molecule has 82 valence electrons. The maximum absolute atomic E-state index is 10.6. The fraction of sp³-hybridized carbons (Fsp3) is 0.667. The summed E-state index contributed by atoms with van der Waals surface area (Å²) in [7, 11) is -2.50. The van der Waals surface area contributed by atoms with Crippen molar-refractivity contribution in [3.8, 4) is 0 Å². The summed E-state index contributed by atoms with van der Waals surface area (Å²) in [6.07, 6.45) is 1.75. The number of carbonyl (C=O) groups is 1. The van der Waals surface area contributed by atoms with Gasteiger partial charge in [-0.1, -0.05) is 6.58 Å². The van der Waals surface area contributed by atoms with E-state index in [0.29, 0.717) is 25.7 Å². The number of rotatable bonds is 7. The fourth-order valence-corrected chi connectivity index (χ4v) is 2.58. The molecule has 0 amide bonds. The number of hydrogen-bond donors (Lipinski definition) is 1. The first kappa shape index (κ1) is 13.3. The molecule has 0 fully saturated rings. The van der Waals surface area contributed by atoms with Gasteiger partial charge in [0.05, 0.1) is 6.61 Å². The monoisotopic (exact) mass is 218 g/mol. The molecule has 0 radical (unpaired) electrons. The van der Waals surface area contributed by atoms with Crippen LogP contribution in [0, 0.1) is 0 Å². The van der Waals surface area contributed by atoms with Crippen LogP contribution in [0.5, 0.6) is 0 Å². The zero-order valence-electron chi connectivity index (χ0n) is 8.78. The highest BCUT2D eigenvalue weighted by atomic mass is 28.4. The van der Waals surface area contributed by atoms with Gasteiger partial charge >= 0.3 is 14.5 Å². The zero-order chi connectivity index (χ0) is 11.0. The van der Waals surface area contributed by atoms with Gasteiger partial charge in [-0.15, -0.1) is 0 Å². The highest BCUT2D eigenvalue weighted by Crippen LogP contribution is 2.10. The first-order valence-corrected chi connectivity index (χ1v) is 7.23. The van der Waals surface area contributed by atoms with Crippen LogP contribution in [0.15, 0.2) is 12.7 Å². The third-order valence-corrected chi connectivity index (χ3v) is 3.84. The minimum atomic E-state index is -2.50. The summed E-state index contributed by atoms with van der Waals surface area (Å²) in [6, 6.07) is 0.575. The second-order valence-electron chi connectivity index (χ2n) is 3.08. The molecule has 0 aromatic rings. The lowest BCUT2D eigenvalue weighted by Crippen LogP contribution is -2.34. The molecule has 1 unspecified atom stereocenters. The Bertz CT molecular complexity index is 191. The molecule has 0 aromatic carbocycles. The first-order chi connectivity index (χ1) is 6.52. The van der Waals surface area contributed by atoms with Crippen LogP contribution in [0.3, 0.4) is 0 Å². The zero-order valence-corrected chi connectivity index (χ0v) is 9.78. The molecule has 1 N–H and O–H groups in total. The highest BCUT2D eigenvalue weighted by molar-refractivity contribution is 6.64. The Labute approximate surface area is 85.8 Å². The molecule has 0 rings (SSSR count). The van der Waals surface area contributed by atoms with Crippen molar-refractivity contribution in [2.24, 2.45) is 0 Å². The van der Waals surface area contributed by atoms with Gasteiger partial charge in [0.2, 0.25) is 0 Å². The van der Waals surface area contributed by atoms with E-state index in [1.54, 1.807) is 6.55 Å². The van der Waals surface area contributed by atoms with Gasteiger partial charge in [-0.2, -0.15) is 0 Å². The average Bonchev–Trinajstić information content (AvgIpc) is 2.12. The van der Waals surface area contributed by atoms with E-state index < -0.39 is 14.5 Å². The maximum atomic E-state index is 10.6. The summed E-state index contributed by atoms with van der Waals surface area (Å²) in [6.45, 7) is 7.68. The highest BCUT2D eigenvalue weighted by Gasteiger charge is 2.25. The van der Waals surface area contributed by atoms with Crippen molar-refractivity contribution in [2.45, 2.75) is 25.9 Å². The largest absolute Gasteiger partial charge is 0.463 e. The summed E-state index contributed by atoms with van der Waals surface area (Å²) in [5.74, 6) is -0.428. The predicted octanol–water partition coefficient (Wildman–Crippen LogP) is 1.21. The summed E-state index contributed by atoms with van der Waals surface area (Å²) >= 11 is 0. The van der Waals surface area contributed by atoms with Crippen LogP contribution in [0.2, 0.25) is 12.6 Å². The van der Waals surface area contributed by atoms with Crippen molar-refractivity contribution >= 4 is 14.5 Å². The molecule has 4 nitrogen and oxygen atoms in total. The molecular formula is C9H18O4Si. The molecule has 0 aliphatic carbocycles. The van der Waals surface area contributed by atoms with Crippen LogP contribution < -0.4 is 0 Å². The maximum Gasteiger partial charge on any atom is 0.332 e. The third kappa shape index (κ3) is 6.82. The van der Waals surface area contributed by atoms with Crippen LogP contribution in [-0.4, -0.2) is 32.5 Å². The van der Waals surface area contributed by atoms with Crippen LogP contribution in [-0.2, 0) is 14.0 Å². The lowest BCUT2D eigenvalue weighted by molar-refractivity contribution is -0.137. The summed E-state index contributed by atoms with van der Waals surface area (Å²) in [5.41, 5.74) is 0. The molecule has 0 aliphatic heterocycles. The normalized spacial score (nSPS) is 14.5. The Morgan fingerprint density at radius 3 is 2.79 bits per heavy atom. The molecule has 5 heteroatoms. The van der Waals surface area contributed by atoms with E-state index >= 15 is 0 Å². The van der Waals surface area contributed by atoms with Gasteiger partial charge in [0.15, 0.2) is 0 Å². The Balaban J connectivity index is 3.53. The summed E-state index contributed by atoms with van der Waals surface area (Å²) in [4.78, 5) is 20.3. The van der Waals surface area contributed by atoms with Gasteiger partial charge in [-0.3, -0.25) is 0 Å². The van der Waals surface area contributed by atoms with Gasteiger partial charge < -0.3 is 14.0 Å². The molecule has 14 heavy (non-hydrogen) atoms. The molecule has 0 aliphatic rings. The number of ether oxygens (including phenoxy) is 1. The fourth-order valence-electron chi connectivity index (χ4n) is 1.01. The van der Waals surface area contributed by atoms with Crippen molar-refractivity contribution in [2.75, 3.05) is 13.2 Å². The molecule has 0 heterocycles. The van der Waals surface area contributed by atoms with Crippen molar-refractivity contribution in [1.82, 2.24) is 0 Å². The standard InChI is InChI=1S/C9H18O4Si/c1-4-9(10)12-7-6-8-14(3,11)13-5-2/h4,11H,1,5-8H2,2-3H3. The van der Waals surface area contributed by atoms with Gasteiger partial charge in [0.1, 0.15) is 0 Å². The molecule has 1 atom stereocenters. The molecular weight excluding hydrogens is 200 g/mol. The van der Waals surface area contributed by atoms with E-state index in [-0.39, 0.29) is 0 Å². The van der Waals surface area contributed by atoms with E-state index in [1.807, 2.05) is 6.92 Å². The first-order valence-electron chi connectivity index (χ1n) is 4.67. The molecule has 0 saturated carbocycles. The molecule has 0 spiro atoms. The Hall–Kier alpha value is -0.653. The quantitative estimate of drug-likeness (QED) is 0.302. The number of hydrogen-bond acceptors (Lipinski definition) is 4. The van der Waals surface area contributed by atoms with Crippen LogP contribution in [0.25, 0.3) is 0 Å². The molecule has 0 aromatic heterocycles. The minimum Gasteiger partial charge on any atom is -0.463 e. The smallest absolute Gasteiger partial charge is 0.332 e. The minimum absolute atomic E-state index is 0.307. The lowest BCUT2D eigenvalue weighted by Gasteiger charge is -2.18. The van der Waals surface area contributed by atoms with Gasteiger partial charge in [0, 0.05) is 12.7 Å². The van der Waals surface area contributed by atoms with Gasteiger partial charge in [-0.25, -0.2) is 4.79 Å². The van der Waals surface area contributed by atoms with Crippen molar-refractivity contribution in [3.05, 3.63) is 12.7 Å². The van der Waals surface area contributed by atoms with Crippen molar-refractivity contribution < 1.29 is 18.8 Å². The SMILES string of the molecule is C=CC(=O)OCCC[Si](C)(O)OCC. The van der Waals surface area contributed by atoms with E-state index in [4.69, 9.17) is 9.16 Å². The van der Waals surface area contributed by atoms with Gasteiger partial charge in [0.25, 0.3) is 0 Å². The number of carbonyl (C=O) groups excluding carboxylic acids is 1. The van der Waals surface area contributed by atoms with E-state index in [0.717, 1.165) is 6.08 Å². The summed E-state index contributed by atoms with van der Waals surface area (Å²) < 4.78 is 9.96. The predicted molar refractivity (Wildman–Crippen MR) is 56.0 cm³/mol. The lowest BCUT2D eigenvalue weighted by atomic mass is 10.5. The second-order valence-corrected chi connectivity index (χ2v) is 6.22. The van der Waals surface area contributed by atoms with Crippen LogP contribution in [0.1, 0.15) is 13.3 Å². The van der Waals surface area contributed by atoms with Crippen molar-refractivity contribution in [3.63, 3.8) is 0 Å². The Kier molecular flexibility index (Phi) is 6.43. The van der Waals surface area contributed by atoms with E-state index in [1.165, 1.54) is 0 Å². The van der Waals surface area contributed by atoms with Crippen molar-refractivity contribution in [1.29, 1.82) is 0 Å². The second kappa shape index (κ2) is 6.75. The Morgan fingerprint density at radius 1 is 1.64 bits per heavy atom. The van der Waals surface area contributed by atoms with Gasteiger partial charge in [-0.05, 0) is 25.9 Å². The van der Waals surface area contributed by atoms with E-state index in [9.17, 15) is 9.59 Å². The van der Waals surface area contributed by atoms with Crippen LogP contribution >= 0.6 is 0 Å².